The summed E-state index contributed by atoms with van der Waals surface area (Å²) >= 11 is 0. The van der Waals surface area contributed by atoms with Crippen LogP contribution in [0.1, 0.15) is 140 Å². The maximum absolute atomic E-state index is 13.2. The Bertz CT molecular complexity index is 1820. The summed E-state index contributed by atoms with van der Waals surface area (Å²) in [5.74, 6) is 1.17. The molecule has 0 spiro atoms. The summed E-state index contributed by atoms with van der Waals surface area (Å²) in [5.41, 5.74) is 16.0. The van der Waals surface area contributed by atoms with Crippen molar-refractivity contribution in [1.82, 2.24) is 0 Å². The number of anilines is 1. The molecule has 0 aromatic heterocycles. The van der Waals surface area contributed by atoms with Crippen LogP contribution in [0.2, 0.25) is 0 Å². The first-order valence-corrected chi connectivity index (χ1v) is 23.4. The Labute approximate surface area is 336 Å². The van der Waals surface area contributed by atoms with Gasteiger partial charge in [-0.1, -0.05) is 108 Å². The zero-order valence-electron chi connectivity index (χ0n) is 33.0. The first-order valence-electron chi connectivity index (χ1n) is 19.7. The van der Waals surface area contributed by atoms with Gasteiger partial charge in [0.1, 0.15) is 16.6 Å². The first-order chi connectivity index (χ1) is 24.8. The fraction of sp³-hybridized carbons (Fsp3) is 0.478. The van der Waals surface area contributed by atoms with Crippen molar-refractivity contribution in [3.05, 3.63) is 108 Å². The molecule has 0 atom stereocenters. The Hall–Kier alpha value is -2.32. The minimum atomic E-state index is -3.65. The van der Waals surface area contributed by atoms with Gasteiger partial charge < -0.3 is 5.73 Å². The van der Waals surface area contributed by atoms with Crippen molar-refractivity contribution < 1.29 is 32.8 Å². The van der Waals surface area contributed by atoms with Gasteiger partial charge in [-0.05, 0) is 109 Å². The van der Waals surface area contributed by atoms with Gasteiger partial charge in [0.15, 0.2) is 0 Å². The molecule has 290 valence electrons. The SMILES string of the molecule is CC(C)c1cc(C(C)C)c(-c2ccccc2[P+](OS(C)(=O)=O)(C2CCCCC2)C2CCCCC2)c(C(C)C)c1.Nc1ccccc1-c1[c-]cccc1.[Pd]. The Kier molecular flexibility index (Phi) is 16.0. The van der Waals surface area contributed by atoms with Crippen molar-refractivity contribution in [2.45, 2.75) is 135 Å². The predicted molar refractivity (Wildman–Crippen MR) is 226 cm³/mol. The quantitative estimate of drug-likeness (QED) is 0.0747. The van der Waals surface area contributed by atoms with Crippen LogP contribution < -0.4 is 11.0 Å². The zero-order chi connectivity index (χ0) is 37.5. The fourth-order valence-corrected chi connectivity index (χ4v) is 16.2. The second kappa shape index (κ2) is 19.5. The molecule has 7 heteroatoms. The van der Waals surface area contributed by atoms with Crippen molar-refractivity contribution in [2.75, 3.05) is 12.0 Å². The number of rotatable bonds is 10. The summed E-state index contributed by atoms with van der Waals surface area (Å²) in [6.07, 6.45) is 12.8. The standard InChI is InChI=1S/C34H52O3PS.C12H10N.Pd/c1-24(2)27-22-31(25(3)4)34(32(23-27)26(5)6)30-20-14-15-21-33(30)38(37-39(7,35)36,28-16-10-8-11-17-28)29-18-12-9-13-19-29;13-12-9-5-4-8-11(12)10-6-2-1-3-7-10;/h14-15,20-26,28-29H,8-13,16-19H2,1-7H3;1-6,8-9H,13H2;/q+1;-1;. The van der Waals surface area contributed by atoms with Crippen LogP contribution >= 0.6 is 7.49 Å². The third kappa shape index (κ3) is 10.5. The molecule has 2 fully saturated rings. The van der Waals surface area contributed by atoms with Gasteiger partial charge in [0.2, 0.25) is 7.49 Å². The minimum absolute atomic E-state index is 0. The van der Waals surface area contributed by atoms with Crippen LogP contribution in [0.3, 0.4) is 0 Å². The fourth-order valence-electron chi connectivity index (χ4n) is 8.57. The topological polar surface area (TPSA) is 69.4 Å². The number of hydrogen-bond donors (Lipinski definition) is 1. The third-order valence-electron chi connectivity index (χ3n) is 11.1. The van der Waals surface area contributed by atoms with Gasteiger partial charge >= 0.3 is 0 Å². The third-order valence-corrected chi connectivity index (χ3v) is 17.6. The van der Waals surface area contributed by atoms with Crippen molar-refractivity contribution in [2.24, 2.45) is 0 Å². The normalized spacial score (nSPS) is 16.0. The van der Waals surface area contributed by atoms with E-state index in [1.807, 2.05) is 48.5 Å². The van der Waals surface area contributed by atoms with Gasteiger partial charge in [0.25, 0.3) is 10.1 Å². The second-order valence-corrected chi connectivity index (χ2v) is 21.4. The van der Waals surface area contributed by atoms with E-state index in [1.54, 1.807) is 0 Å². The predicted octanol–water partition coefficient (Wildman–Crippen LogP) is 12.7. The van der Waals surface area contributed by atoms with E-state index in [0.29, 0.717) is 29.1 Å². The van der Waals surface area contributed by atoms with E-state index < -0.39 is 17.6 Å². The molecule has 2 aliphatic rings. The molecule has 4 aromatic rings. The van der Waals surface area contributed by atoms with Crippen LogP contribution in [0.25, 0.3) is 22.3 Å². The van der Waals surface area contributed by atoms with E-state index in [1.165, 1.54) is 77.9 Å². The summed E-state index contributed by atoms with van der Waals surface area (Å²) in [6.45, 7) is 13.8. The van der Waals surface area contributed by atoms with E-state index in [4.69, 9.17) is 9.70 Å². The van der Waals surface area contributed by atoms with Crippen LogP contribution in [0.15, 0.2) is 84.9 Å². The molecule has 2 aliphatic carbocycles. The molecule has 0 aliphatic heterocycles. The van der Waals surface area contributed by atoms with E-state index in [2.05, 4.69) is 84.0 Å². The first kappa shape index (κ1) is 43.4. The van der Waals surface area contributed by atoms with Gasteiger partial charge in [-0.2, -0.15) is 8.42 Å². The molecule has 0 radical (unpaired) electrons. The Morgan fingerprint density at radius 3 is 1.62 bits per heavy atom. The molecule has 0 amide bonds. The van der Waals surface area contributed by atoms with Gasteiger partial charge in [-0.3, -0.25) is 0 Å². The molecular formula is C46H62NO3PPdS. The van der Waals surface area contributed by atoms with E-state index in [9.17, 15) is 8.42 Å². The van der Waals surface area contributed by atoms with Crippen LogP contribution in [0.5, 0.6) is 0 Å². The molecule has 2 saturated carbocycles. The summed E-state index contributed by atoms with van der Waals surface area (Å²) in [4.78, 5) is 0. The van der Waals surface area contributed by atoms with Crippen LogP contribution in [-0.2, 0) is 34.5 Å². The van der Waals surface area contributed by atoms with Crippen LogP contribution in [0, 0.1) is 6.07 Å². The largest absolute Gasteiger partial charge is 0.406 e. The van der Waals surface area contributed by atoms with Crippen molar-refractivity contribution in [3.63, 3.8) is 0 Å². The van der Waals surface area contributed by atoms with E-state index >= 15 is 0 Å². The molecule has 2 N–H and O–H groups in total. The van der Waals surface area contributed by atoms with Gasteiger partial charge in [0, 0.05) is 26.0 Å². The molecule has 4 nitrogen and oxygen atoms in total. The molecule has 53 heavy (non-hydrogen) atoms. The average molecular weight is 846 g/mol. The van der Waals surface area contributed by atoms with Gasteiger partial charge in [-0.15, -0.1) is 39.9 Å². The zero-order valence-corrected chi connectivity index (χ0v) is 36.3. The minimum Gasteiger partial charge on any atom is -0.406 e. The maximum atomic E-state index is 13.2. The molecule has 0 heterocycles. The summed E-state index contributed by atoms with van der Waals surface area (Å²) in [6, 6.07) is 32.5. The molecular weight excluding hydrogens is 784 g/mol. The average Bonchev–Trinajstić information content (AvgIpc) is 3.14. The Morgan fingerprint density at radius 2 is 1.17 bits per heavy atom. The summed E-state index contributed by atoms with van der Waals surface area (Å²) < 4.78 is 33.2. The van der Waals surface area contributed by atoms with E-state index in [-0.39, 0.29) is 20.4 Å². The number of para-hydroxylation sites is 1. The summed E-state index contributed by atoms with van der Waals surface area (Å²) in [5, 5.41) is 1.22. The monoisotopic (exact) mass is 845 g/mol. The number of benzene rings is 4. The Morgan fingerprint density at radius 1 is 0.679 bits per heavy atom. The number of hydrogen-bond acceptors (Lipinski definition) is 4. The second-order valence-electron chi connectivity index (χ2n) is 16.0. The summed E-state index contributed by atoms with van der Waals surface area (Å²) in [7, 11) is -6.19. The Balaban J connectivity index is 0.000000375. The molecule has 0 saturated heterocycles. The van der Waals surface area contributed by atoms with Crippen molar-refractivity contribution in [1.29, 1.82) is 0 Å². The number of nitrogen functional groups attached to an aromatic ring is 1. The molecule has 0 unspecified atom stereocenters. The number of nitrogens with two attached hydrogens (primary N) is 1. The molecule has 6 rings (SSSR count). The smallest absolute Gasteiger partial charge is 0.296 e. The van der Waals surface area contributed by atoms with Crippen LogP contribution in [-0.4, -0.2) is 26.0 Å². The maximum Gasteiger partial charge on any atom is 0.296 e. The van der Waals surface area contributed by atoms with Crippen molar-refractivity contribution in [3.8, 4) is 22.3 Å². The van der Waals surface area contributed by atoms with Crippen molar-refractivity contribution >= 4 is 28.6 Å². The van der Waals surface area contributed by atoms with Gasteiger partial charge in [0.05, 0.1) is 6.26 Å². The van der Waals surface area contributed by atoms with Gasteiger partial charge in [-0.25, -0.2) is 0 Å². The van der Waals surface area contributed by atoms with Crippen LogP contribution in [0.4, 0.5) is 5.69 Å². The molecule has 4 aromatic carbocycles. The van der Waals surface area contributed by atoms with E-state index in [0.717, 1.165) is 42.5 Å². The molecule has 0 bridgehead atoms.